The summed E-state index contributed by atoms with van der Waals surface area (Å²) in [5, 5.41) is 13.5. The van der Waals surface area contributed by atoms with Crippen molar-refractivity contribution in [3.05, 3.63) is 16.1 Å². The molecule has 1 fully saturated rings. The van der Waals surface area contributed by atoms with Gasteiger partial charge in [-0.15, -0.1) is 11.3 Å². The number of thiazole rings is 1. The number of aromatic carboxylic acids is 1. The van der Waals surface area contributed by atoms with E-state index >= 15 is 0 Å². The largest absolute Gasteiger partial charge is 0.476 e. The Labute approximate surface area is 124 Å². The first kappa shape index (κ1) is 15.8. The van der Waals surface area contributed by atoms with Gasteiger partial charge in [-0.2, -0.15) is 0 Å². The van der Waals surface area contributed by atoms with Crippen LogP contribution < -0.4 is 5.32 Å². The molecule has 0 aliphatic heterocycles. The maximum Gasteiger partial charge on any atom is 0.355 e. The predicted octanol–water partition coefficient (Wildman–Crippen LogP) is 2.33. The zero-order valence-corrected chi connectivity index (χ0v) is 12.1. The Bertz CT molecular complexity index is 523. The molecular formula is C13H16F2N2O3S. The quantitative estimate of drug-likeness (QED) is 0.873. The number of nitrogens with zero attached hydrogens (tertiary/aromatic N) is 1. The van der Waals surface area contributed by atoms with Gasteiger partial charge in [-0.05, 0) is 12.8 Å². The number of carboxylic acids is 1. The van der Waals surface area contributed by atoms with Crippen molar-refractivity contribution in [2.75, 3.05) is 6.54 Å². The Balaban J connectivity index is 1.73. The standard InChI is InChI=1S/C13H16F2N2O3S/c14-13(15)4-1-8(2-5-13)11(18)16-6-3-10-17-9(7-21-10)12(19)20/h7-8H,1-6H2,(H,16,18)(H,19,20). The van der Waals surface area contributed by atoms with Crippen LogP contribution in [0.1, 0.15) is 41.2 Å². The third-order valence-electron chi connectivity index (χ3n) is 3.50. The Kier molecular flexibility index (Phi) is 4.87. The van der Waals surface area contributed by atoms with E-state index in [1.807, 2.05) is 0 Å². The maximum atomic E-state index is 13.0. The number of carbonyl (C=O) groups is 2. The molecule has 8 heteroatoms. The van der Waals surface area contributed by atoms with Crippen molar-refractivity contribution in [1.82, 2.24) is 10.3 Å². The van der Waals surface area contributed by atoms with Gasteiger partial charge < -0.3 is 10.4 Å². The number of hydrogen-bond acceptors (Lipinski definition) is 4. The maximum absolute atomic E-state index is 13.0. The zero-order chi connectivity index (χ0) is 15.5. The molecule has 0 saturated heterocycles. The number of hydrogen-bond donors (Lipinski definition) is 2. The highest BCUT2D eigenvalue weighted by Gasteiger charge is 2.37. The molecule has 0 radical (unpaired) electrons. The number of alkyl halides is 2. The number of amides is 1. The molecule has 116 valence electrons. The van der Waals surface area contributed by atoms with Crippen LogP contribution in [0.5, 0.6) is 0 Å². The van der Waals surface area contributed by atoms with Crippen LogP contribution in [0.4, 0.5) is 8.78 Å². The lowest BCUT2D eigenvalue weighted by Gasteiger charge is -2.27. The number of carbonyl (C=O) groups excluding carboxylic acids is 1. The van der Waals surface area contributed by atoms with E-state index in [0.29, 0.717) is 18.0 Å². The van der Waals surface area contributed by atoms with Gasteiger partial charge in [0.2, 0.25) is 11.8 Å². The monoisotopic (exact) mass is 318 g/mol. The fourth-order valence-corrected chi connectivity index (χ4v) is 3.04. The van der Waals surface area contributed by atoms with E-state index in [1.54, 1.807) is 0 Å². The van der Waals surface area contributed by atoms with E-state index < -0.39 is 11.9 Å². The molecule has 0 atom stereocenters. The Morgan fingerprint density at radius 1 is 1.43 bits per heavy atom. The second-order valence-electron chi connectivity index (χ2n) is 5.10. The van der Waals surface area contributed by atoms with Gasteiger partial charge in [0.25, 0.3) is 0 Å². The van der Waals surface area contributed by atoms with Crippen LogP contribution in [0.2, 0.25) is 0 Å². The van der Waals surface area contributed by atoms with E-state index in [9.17, 15) is 18.4 Å². The minimum atomic E-state index is -2.63. The summed E-state index contributed by atoms with van der Waals surface area (Å²) in [5.74, 6) is -4.27. The van der Waals surface area contributed by atoms with Crippen LogP contribution in [0.3, 0.4) is 0 Å². The zero-order valence-electron chi connectivity index (χ0n) is 11.3. The van der Waals surface area contributed by atoms with E-state index in [2.05, 4.69) is 10.3 Å². The average Bonchev–Trinajstić information content (AvgIpc) is 2.87. The number of aromatic nitrogens is 1. The van der Waals surface area contributed by atoms with Gasteiger partial charge in [-0.1, -0.05) is 0 Å². The van der Waals surface area contributed by atoms with Crippen LogP contribution in [0.25, 0.3) is 0 Å². The van der Waals surface area contributed by atoms with Gasteiger partial charge in [0.1, 0.15) is 0 Å². The Morgan fingerprint density at radius 2 is 2.10 bits per heavy atom. The lowest BCUT2D eigenvalue weighted by molar-refractivity contribution is -0.129. The van der Waals surface area contributed by atoms with Crippen molar-refractivity contribution in [3.8, 4) is 0 Å². The van der Waals surface area contributed by atoms with Gasteiger partial charge in [-0.25, -0.2) is 18.6 Å². The summed E-state index contributed by atoms with van der Waals surface area (Å²) in [7, 11) is 0. The molecule has 1 aromatic heterocycles. The first-order valence-corrected chi connectivity index (χ1v) is 7.58. The highest BCUT2D eigenvalue weighted by molar-refractivity contribution is 7.09. The summed E-state index contributed by atoms with van der Waals surface area (Å²) < 4.78 is 26.0. The SMILES string of the molecule is O=C(O)c1csc(CCNC(=O)C2CCC(F)(F)CC2)n1. The molecule has 0 aromatic carbocycles. The predicted molar refractivity (Wildman–Crippen MR) is 72.7 cm³/mol. The van der Waals surface area contributed by atoms with Crippen molar-refractivity contribution in [2.24, 2.45) is 5.92 Å². The Hall–Kier alpha value is -1.57. The van der Waals surface area contributed by atoms with Gasteiger partial charge >= 0.3 is 5.97 Å². The average molecular weight is 318 g/mol. The molecule has 1 saturated carbocycles. The molecule has 2 rings (SSSR count). The molecule has 0 bridgehead atoms. The molecule has 21 heavy (non-hydrogen) atoms. The summed E-state index contributed by atoms with van der Waals surface area (Å²) in [6.45, 7) is 0.332. The summed E-state index contributed by atoms with van der Waals surface area (Å²) in [6, 6.07) is 0. The smallest absolute Gasteiger partial charge is 0.355 e. The summed E-state index contributed by atoms with van der Waals surface area (Å²) in [6.07, 6.45) is 0.379. The second kappa shape index (κ2) is 6.46. The highest BCUT2D eigenvalue weighted by Crippen LogP contribution is 2.36. The van der Waals surface area contributed by atoms with Crippen molar-refractivity contribution in [3.63, 3.8) is 0 Å². The molecule has 1 aliphatic carbocycles. The van der Waals surface area contributed by atoms with Crippen LogP contribution in [0.15, 0.2) is 5.38 Å². The molecule has 5 nitrogen and oxygen atoms in total. The third kappa shape index (κ3) is 4.45. The molecule has 1 heterocycles. The number of nitrogens with one attached hydrogen (secondary N) is 1. The third-order valence-corrected chi connectivity index (χ3v) is 4.41. The van der Waals surface area contributed by atoms with Crippen LogP contribution in [-0.2, 0) is 11.2 Å². The molecular weight excluding hydrogens is 302 g/mol. The first-order chi connectivity index (χ1) is 9.87. The highest BCUT2D eigenvalue weighted by atomic mass is 32.1. The summed E-state index contributed by atoms with van der Waals surface area (Å²) in [4.78, 5) is 26.4. The lowest BCUT2D eigenvalue weighted by atomic mass is 9.86. The van der Waals surface area contributed by atoms with Crippen molar-refractivity contribution < 1.29 is 23.5 Å². The van der Waals surface area contributed by atoms with E-state index in [4.69, 9.17) is 5.11 Å². The summed E-state index contributed by atoms with van der Waals surface area (Å²) in [5.41, 5.74) is -0.00385. The Morgan fingerprint density at radius 3 is 2.67 bits per heavy atom. The van der Waals surface area contributed by atoms with Gasteiger partial charge in [0.15, 0.2) is 5.69 Å². The molecule has 2 N–H and O–H groups in total. The molecule has 1 aliphatic rings. The number of carboxylic acid groups (broad SMARTS) is 1. The second-order valence-corrected chi connectivity index (χ2v) is 6.05. The number of halogens is 2. The van der Waals surface area contributed by atoms with E-state index in [-0.39, 0.29) is 43.2 Å². The lowest BCUT2D eigenvalue weighted by Crippen LogP contribution is -2.36. The van der Waals surface area contributed by atoms with Crippen molar-refractivity contribution >= 4 is 23.2 Å². The van der Waals surface area contributed by atoms with Gasteiger partial charge in [0.05, 0.1) is 5.01 Å². The fraction of sp³-hybridized carbons (Fsp3) is 0.615. The molecule has 0 unspecified atom stereocenters. The van der Waals surface area contributed by atoms with Crippen LogP contribution >= 0.6 is 11.3 Å². The van der Waals surface area contributed by atoms with Crippen molar-refractivity contribution in [2.45, 2.75) is 38.0 Å². The van der Waals surface area contributed by atoms with E-state index in [0.717, 1.165) is 0 Å². The number of rotatable bonds is 5. The van der Waals surface area contributed by atoms with Gasteiger partial charge in [-0.3, -0.25) is 4.79 Å². The van der Waals surface area contributed by atoms with Crippen LogP contribution in [0, 0.1) is 5.92 Å². The van der Waals surface area contributed by atoms with E-state index in [1.165, 1.54) is 16.7 Å². The normalized spacial score (nSPS) is 18.4. The fourth-order valence-electron chi connectivity index (χ4n) is 2.26. The van der Waals surface area contributed by atoms with Crippen LogP contribution in [-0.4, -0.2) is 34.4 Å². The van der Waals surface area contributed by atoms with Gasteiger partial charge in [0, 0.05) is 37.1 Å². The van der Waals surface area contributed by atoms with Crippen molar-refractivity contribution in [1.29, 1.82) is 0 Å². The molecule has 1 aromatic rings. The molecule has 0 spiro atoms. The first-order valence-electron chi connectivity index (χ1n) is 6.70. The summed E-state index contributed by atoms with van der Waals surface area (Å²) >= 11 is 1.22. The minimum absolute atomic E-state index is 0.00385. The topological polar surface area (TPSA) is 79.3 Å². The molecule has 1 amide bonds. The minimum Gasteiger partial charge on any atom is -0.476 e.